The van der Waals surface area contributed by atoms with E-state index in [1.54, 1.807) is 12.1 Å². The first kappa shape index (κ1) is 25.5. The minimum Gasteiger partial charge on any atom is -0.497 e. The number of carbonyl (C=O) groups is 4. The molecule has 0 radical (unpaired) electrons. The molecule has 0 unspecified atom stereocenters. The molecule has 3 fully saturated rings. The van der Waals surface area contributed by atoms with Crippen molar-refractivity contribution in [1.82, 2.24) is 10.0 Å². The highest BCUT2D eigenvalue weighted by molar-refractivity contribution is 9.12. The third-order valence-electron chi connectivity index (χ3n) is 7.48. The number of ketones is 1. The molecule has 3 aliphatic rings. The molecule has 0 spiro atoms. The highest BCUT2D eigenvalue weighted by Gasteiger charge is 2.67. The van der Waals surface area contributed by atoms with Gasteiger partial charge in [-0.3, -0.25) is 29.3 Å². The summed E-state index contributed by atoms with van der Waals surface area (Å²) in [5, 5.41) is 13.1. The number of hydrazine groups is 1. The highest BCUT2D eigenvalue weighted by Crippen LogP contribution is 2.60. The van der Waals surface area contributed by atoms with Crippen LogP contribution in [0, 0.1) is 33.8 Å². The van der Waals surface area contributed by atoms with Gasteiger partial charge in [-0.25, -0.2) is 5.01 Å². The van der Waals surface area contributed by atoms with E-state index < -0.39 is 52.5 Å². The number of fused-ring (bicyclic) bond motifs is 5. The van der Waals surface area contributed by atoms with Crippen LogP contribution in [-0.2, 0) is 9.59 Å². The molecule has 1 saturated heterocycles. The molecule has 2 aromatic rings. The second-order valence-corrected chi connectivity index (χ2v) is 11.4. The highest BCUT2D eigenvalue weighted by atomic mass is 79.9. The zero-order chi connectivity index (χ0) is 26.6. The molecule has 3 amide bonds. The molecule has 12 heteroatoms. The Hall–Kier alpha value is -3.12. The third kappa shape index (κ3) is 4.06. The van der Waals surface area contributed by atoms with Crippen LogP contribution in [0.4, 0.5) is 5.69 Å². The molecular formula is C25H21Br2N3O7. The van der Waals surface area contributed by atoms with Crippen molar-refractivity contribution >= 4 is 61.1 Å². The lowest BCUT2D eigenvalue weighted by Gasteiger charge is -2.30. The molecule has 0 N–H and O–H groups in total. The second kappa shape index (κ2) is 9.64. The Balaban J connectivity index is 1.53. The minimum atomic E-state index is -0.978. The molecule has 6 atom stereocenters. The molecule has 5 rings (SSSR count). The Bertz CT molecular complexity index is 1290. The van der Waals surface area contributed by atoms with Crippen LogP contribution >= 0.6 is 31.9 Å². The van der Waals surface area contributed by atoms with Crippen molar-refractivity contribution in [3.63, 3.8) is 0 Å². The van der Waals surface area contributed by atoms with Crippen molar-refractivity contribution < 1.29 is 28.8 Å². The number of rotatable bonds is 7. The van der Waals surface area contributed by atoms with Gasteiger partial charge in [-0.05, 0) is 48.6 Å². The number of hydrogen-bond acceptors (Lipinski definition) is 7. The summed E-state index contributed by atoms with van der Waals surface area (Å²) in [6.45, 7) is -0.654. The van der Waals surface area contributed by atoms with Crippen molar-refractivity contribution in [3.8, 4) is 5.75 Å². The summed E-state index contributed by atoms with van der Waals surface area (Å²) in [7, 11) is 1.48. The summed E-state index contributed by atoms with van der Waals surface area (Å²) in [5.41, 5.74) is -0.594. The third-order valence-corrected chi connectivity index (χ3v) is 10.7. The fourth-order valence-corrected chi connectivity index (χ4v) is 7.63. The van der Waals surface area contributed by atoms with Gasteiger partial charge in [0.2, 0.25) is 0 Å². The summed E-state index contributed by atoms with van der Waals surface area (Å²) in [5.74, 6) is -3.63. The van der Waals surface area contributed by atoms with Gasteiger partial charge in [0, 0.05) is 21.3 Å². The number of hydrogen-bond donors (Lipinski definition) is 0. The number of alkyl halides is 2. The lowest BCUT2D eigenvalue weighted by atomic mass is 9.81. The van der Waals surface area contributed by atoms with Crippen molar-refractivity contribution in [3.05, 3.63) is 69.8 Å². The monoisotopic (exact) mass is 633 g/mol. The van der Waals surface area contributed by atoms with Crippen molar-refractivity contribution in [2.75, 3.05) is 13.7 Å². The molecule has 1 heterocycles. The topological polar surface area (TPSA) is 127 Å². The van der Waals surface area contributed by atoms with E-state index in [4.69, 9.17) is 4.74 Å². The van der Waals surface area contributed by atoms with E-state index in [0.717, 1.165) is 16.1 Å². The van der Waals surface area contributed by atoms with Gasteiger partial charge in [0.15, 0.2) is 5.78 Å². The largest absolute Gasteiger partial charge is 0.497 e. The number of halogens is 2. The lowest BCUT2D eigenvalue weighted by Crippen LogP contribution is -2.52. The summed E-state index contributed by atoms with van der Waals surface area (Å²) < 4.78 is 5.11. The number of methoxy groups -OCH3 is 1. The maximum atomic E-state index is 13.7. The predicted octanol–water partition coefficient (Wildman–Crippen LogP) is 3.62. The molecule has 2 aliphatic carbocycles. The number of benzene rings is 2. The molecule has 37 heavy (non-hydrogen) atoms. The van der Waals surface area contributed by atoms with E-state index >= 15 is 0 Å². The van der Waals surface area contributed by atoms with E-state index in [0.29, 0.717) is 12.2 Å². The number of para-hydroxylation sites is 1. The Morgan fingerprint density at radius 3 is 2.14 bits per heavy atom. The molecule has 2 aromatic carbocycles. The second-order valence-electron chi connectivity index (χ2n) is 9.28. The number of Topliss-reactive ketones (excluding diaryl/α,β-unsaturated/α-hetero) is 1. The number of nitro groups is 1. The first-order chi connectivity index (χ1) is 17.6. The van der Waals surface area contributed by atoms with Crippen LogP contribution in [0.15, 0.2) is 48.5 Å². The molecule has 2 saturated carbocycles. The maximum absolute atomic E-state index is 13.7. The van der Waals surface area contributed by atoms with E-state index in [-0.39, 0.29) is 32.6 Å². The summed E-state index contributed by atoms with van der Waals surface area (Å²) in [4.78, 5) is 65.1. The number of nitro benzene ring substituents is 1. The van der Waals surface area contributed by atoms with Gasteiger partial charge < -0.3 is 4.74 Å². The molecule has 192 valence electrons. The average Bonchev–Trinajstić information content (AvgIpc) is 3.51. The molecular weight excluding hydrogens is 614 g/mol. The Labute approximate surface area is 228 Å². The lowest BCUT2D eigenvalue weighted by molar-refractivity contribution is -0.385. The predicted molar refractivity (Wildman–Crippen MR) is 137 cm³/mol. The SMILES string of the molecule is COc1ccc(C(=O)CN(C(=O)c2ccccc2[N+](=O)[O-])N2C(=O)[C@@H]3[C@H]4C[C@@H]([C@H](Br)[C@H]4Br)[C@H]3C2=O)cc1. The van der Waals surface area contributed by atoms with Gasteiger partial charge in [-0.2, -0.15) is 5.01 Å². The van der Waals surface area contributed by atoms with Gasteiger partial charge in [0.25, 0.3) is 23.4 Å². The normalized spacial score (nSPS) is 27.8. The Morgan fingerprint density at radius 2 is 1.59 bits per heavy atom. The van der Waals surface area contributed by atoms with Crippen LogP contribution in [0.1, 0.15) is 27.1 Å². The van der Waals surface area contributed by atoms with Crippen LogP contribution in [-0.4, -0.2) is 61.8 Å². The quantitative estimate of drug-likeness (QED) is 0.150. The number of amides is 3. The van der Waals surface area contributed by atoms with Crippen LogP contribution in [0.2, 0.25) is 0 Å². The Morgan fingerprint density at radius 1 is 1.03 bits per heavy atom. The minimum absolute atomic E-state index is 0.0178. The van der Waals surface area contributed by atoms with E-state index in [2.05, 4.69) is 31.9 Å². The van der Waals surface area contributed by atoms with Crippen molar-refractivity contribution in [1.29, 1.82) is 0 Å². The molecule has 10 nitrogen and oxygen atoms in total. The first-order valence-corrected chi connectivity index (χ1v) is 13.4. The fourth-order valence-electron chi connectivity index (χ4n) is 5.76. The van der Waals surface area contributed by atoms with E-state index in [9.17, 15) is 29.3 Å². The maximum Gasteiger partial charge on any atom is 0.282 e. The molecule has 0 aromatic heterocycles. The Kier molecular flexibility index (Phi) is 6.65. The van der Waals surface area contributed by atoms with Crippen LogP contribution in [0.5, 0.6) is 5.75 Å². The van der Waals surface area contributed by atoms with Gasteiger partial charge in [0.1, 0.15) is 17.9 Å². The number of carbonyl (C=O) groups excluding carboxylic acids is 4. The first-order valence-electron chi connectivity index (χ1n) is 11.5. The molecule has 2 bridgehead atoms. The number of ether oxygens (including phenoxy) is 1. The molecule has 1 aliphatic heterocycles. The fraction of sp³-hybridized carbons (Fsp3) is 0.360. The standard InChI is InChI=1S/C25H21Br2N3O7/c1-37-13-8-6-12(7-9-13)18(31)11-28(23(32)14-4-2-3-5-17(14)30(35)36)29-24(33)19-15-10-16(20(19)25(29)34)22(27)21(15)26/h2-9,15-16,19-22H,10-11H2,1H3/t15-,16-,19-,20-,21+,22+/m1/s1. The van der Waals surface area contributed by atoms with E-state index in [1.807, 2.05) is 0 Å². The van der Waals surface area contributed by atoms with Gasteiger partial charge in [-0.15, -0.1) is 0 Å². The number of imide groups is 1. The average molecular weight is 635 g/mol. The van der Waals surface area contributed by atoms with Gasteiger partial charge >= 0.3 is 0 Å². The van der Waals surface area contributed by atoms with Gasteiger partial charge in [0.05, 0.1) is 23.9 Å². The van der Waals surface area contributed by atoms with Crippen molar-refractivity contribution in [2.45, 2.75) is 16.1 Å². The van der Waals surface area contributed by atoms with E-state index in [1.165, 1.54) is 37.4 Å². The summed E-state index contributed by atoms with van der Waals surface area (Å²) in [6, 6.07) is 11.4. The number of nitrogens with zero attached hydrogens (tertiary/aromatic N) is 3. The smallest absolute Gasteiger partial charge is 0.282 e. The van der Waals surface area contributed by atoms with Gasteiger partial charge in [-0.1, -0.05) is 44.0 Å². The van der Waals surface area contributed by atoms with Crippen LogP contribution in [0.25, 0.3) is 0 Å². The van der Waals surface area contributed by atoms with Crippen LogP contribution < -0.4 is 4.74 Å². The summed E-state index contributed by atoms with van der Waals surface area (Å²) >= 11 is 7.25. The van der Waals surface area contributed by atoms with Crippen LogP contribution in [0.3, 0.4) is 0 Å². The van der Waals surface area contributed by atoms with Crippen molar-refractivity contribution in [2.24, 2.45) is 23.7 Å². The summed E-state index contributed by atoms with van der Waals surface area (Å²) in [6.07, 6.45) is 0.690. The zero-order valence-electron chi connectivity index (χ0n) is 19.5. The zero-order valence-corrected chi connectivity index (χ0v) is 22.6.